The Morgan fingerprint density at radius 2 is 1.87 bits per heavy atom. The molecule has 1 aromatic rings. The Balaban J connectivity index is 1.82. The highest BCUT2D eigenvalue weighted by atomic mass is 16.7. The standard InChI is InChI=1S/C19H19NO3/c1-16-9-10-17(2)18(3,14(16)21)19(11-22-17)13(20-23-15(16)19)12-7-5-4-6-8-12/h4-10,15H,11H2,1-3H3. The number of carbonyl (C=O) groups is 1. The lowest BCUT2D eigenvalue weighted by Crippen LogP contribution is -2.54. The molecule has 2 bridgehead atoms. The number of ketones is 1. The minimum atomic E-state index is -0.667. The summed E-state index contributed by atoms with van der Waals surface area (Å²) in [6.07, 6.45) is 3.74. The molecule has 2 aliphatic heterocycles. The number of rotatable bonds is 1. The normalized spacial score (nSPS) is 49.1. The number of carbonyl (C=O) groups excluding carboxylic acids is 1. The lowest BCUT2D eigenvalue weighted by Gasteiger charge is -2.42. The molecule has 4 aliphatic rings. The van der Waals surface area contributed by atoms with Crippen molar-refractivity contribution in [3.8, 4) is 0 Å². The van der Waals surface area contributed by atoms with Gasteiger partial charge in [0, 0.05) is 5.56 Å². The highest BCUT2D eigenvalue weighted by Crippen LogP contribution is 2.73. The van der Waals surface area contributed by atoms with Crippen LogP contribution in [0.3, 0.4) is 0 Å². The van der Waals surface area contributed by atoms with Crippen LogP contribution in [-0.4, -0.2) is 29.8 Å². The van der Waals surface area contributed by atoms with E-state index in [4.69, 9.17) is 9.57 Å². The Labute approximate surface area is 135 Å². The van der Waals surface area contributed by atoms with Crippen LogP contribution in [-0.2, 0) is 14.4 Å². The van der Waals surface area contributed by atoms with E-state index in [-0.39, 0.29) is 11.9 Å². The summed E-state index contributed by atoms with van der Waals surface area (Å²) < 4.78 is 6.20. The van der Waals surface area contributed by atoms with Gasteiger partial charge >= 0.3 is 0 Å². The molecule has 1 aromatic carbocycles. The third-order valence-electron chi connectivity index (χ3n) is 6.89. The van der Waals surface area contributed by atoms with Crippen LogP contribution in [0.1, 0.15) is 26.3 Å². The van der Waals surface area contributed by atoms with Crippen molar-refractivity contribution < 1.29 is 14.4 Å². The monoisotopic (exact) mass is 309 g/mol. The van der Waals surface area contributed by atoms with E-state index in [9.17, 15) is 4.79 Å². The van der Waals surface area contributed by atoms with Crippen LogP contribution >= 0.6 is 0 Å². The Morgan fingerprint density at radius 3 is 2.61 bits per heavy atom. The molecular formula is C19H19NO3. The first-order chi connectivity index (χ1) is 10.9. The molecule has 5 atom stereocenters. The average Bonchev–Trinajstić information content (AvgIpc) is 3.09. The number of hydrogen-bond donors (Lipinski definition) is 0. The molecule has 1 saturated carbocycles. The molecule has 4 nitrogen and oxygen atoms in total. The molecule has 5 unspecified atom stereocenters. The number of hydrogen-bond acceptors (Lipinski definition) is 4. The van der Waals surface area contributed by atoms with Gasteiger partial charge in [-0.2, -0.15) is 0 Å². The van der Waals surface area contributed by atoms with Gasteiger partial charge in [-0.05, 0) is 20.8 Å². The van der Waals surface area contributed by atoms with Gasteiger partial charge in [0.1, 0.15) is 5.71 Å². The number of nitrogens with zero attached hydrogens (tertiary/aromatic N) is 1. The molecular weight excluding hydrogens is 290 g/mol. The zero-order valence-corrected chi connectivity index (χ0v) is 13.5. The molecule has 2 heterocycles. The fourth-order valence-corrected chi connectivity index (χ4v) is 5.36. The summed E-state index contributed by atoms with van der Waals surface area (Å²) in [5.74, 6) is 0.209. The number of benzene rings is 1. The van der Waals surface area contributed by atoms with E-state index in [1.807, 2.05) is 57.2 Å². The topological polar surface area (TPSA) is 47.9 Å². The maximum absolute atomic E-state index is 13.4. The van der Waals surface area contributed by atoms with Crippen LogP contribution in [0.5, 0.6) is 0 Å². The summed E-state index contributed by atoms with van der Waals surface area (Å²) in [7, 11) is 0. The number of fused-ring (bicyclic) bond motifs is 2. The predicted molar refractivity (Wildman–Crippen MR) is 85.0 cm³/mol. The van der Waals surface area contributed by atoms with Crippen molar-refractivity contribution in [2.45, 2.75) is 32.5 Å². The Bertz CT molecular complexity index is 800. The van der Waals surface area contributed by atoms with Gasteiger partial charge in [0.2, 0.25) is 0 Å². The van der Waals surface area contributed by atoms with Gasteiger partial charge in [-0.25, -0.2) is 0 Å². The molecule has 0 radical (unpaired) electrons. The first-order valence-electron chi connectivity index (χ1n) is 8.09. The fraction of sp³-hybridized carbons (Fsp3) is 0.474. The molecule has 2 fully saturated rings. The summed E-state index contributed by atoms with van der Waals surface area (Å²) >= 11 is 0. The molecule has 2 aliphatic carbocycles. The lowest BCUT2D eigenvalue weighted by atomic mass is 9.57. The molecule has 0 aromatic heterocycles. The van der Waals surface area contributed by atoms with Crippen LogP contribution in [0.25, 0.3) is 0 Å². The Morgan fingerprint density at radius 1 is 1.13 bits per heavy atom. The smallest absolute Gasteiger partial charge is 0.157 e. The highest BCUT2D eigenvalue weighted by molar-refractivity contribution is 6.14. The van der Waals surface area contributed by atoms with Crippen molar-refractivity contribution in [1.82, 2.24) is 0 Å². The second kappa shape index (κ2) is 3.59. The minimum absolute atomic E-state index is 0.209. The van der Waals surface area contributed by atoms with Gasteiger partial charge in [-0.15, -0.1) is 0 Å². The summed E-state index contributed by atoms with van der Waals surface area (Å²) in [5.41, 5.74) is -0.583. The summed E-state index contributed by atoms with van der Waals surface area (Å²) in [6.45, 7) is 6.49. The number of ether oxygens (including phenoxy) is 1. The molecule has 1 saturated heterocycles. The quantitative estimate of drug-likeness (QED) is 0.749. The number of oxime groups is 1. The van der Waals surface area contributed by atoms with E-state index in [0.29, 0.717) is 6.61 Å². The highest BCUT2D eigenvalue weighted by Gasteiger charge is 2.85. The van der Waals surface area contributed by atoms with Crippen molar-refractivity contribution in [2.24, 2.45) is 21.4 Å². The fourth-order valence-electron chi connectivity index (χ4n) is 5.36. The minimum Gasteiger partial charge on any atom is -0.390 e. The van der Waals surface area contributed by atoms with Crippen molar-refractivity contribution in [3.63, 3.8) is 0 Å². The maximum Gasteiger partial charge on any atom is 0.157 e. The van der Waals surface area contributed by atoms with E-state index in [0.717, 1.165) is 11.3 Å². The molecule has 1 spiro atoms. The molecule has 5 rings (SSSR count). The van der Waals surface area contributed by atoms with E-state index >= 15 is 0 Å². The Hall–Kier alpha value is -1.94. The predicted octanol–water partition coefficient (Wildman–Crippen LogP) is 2.73. The molecule has 118 valence electrons. The van der Waals surface area contributed by atoms with Gasteiger partial charge in [0.15, 0.2) is 11.9 Å². The molecule has 0 amide bonds. The van der Waals surface area contributed by atoms with Crippen molar-refractivity contribution in [1.29, 1.82) is 0 Å². The van der Waals surface area contributed by atoms with Crippen LogP contribution in [0, 0.1) is 16.2 Å². The molecule has 0 N–H and O–H groups in total. The van der Waals surface area contributed by atoms with Gasteiger partial charge in [-0.1, -0.05) is 47.6 Å². The first-order valence-corrected chi connectivity index (χ1v) is 8.09. The van der Waals surface area contributed by atoms with E-state index in [1.165, 1.54) is 0 Å². The largest absolute Gasteiger partial charge is 0.390 e. The van der Waals surface area contributed by atoms with Crippen LogP contribution in [0.2, 0.25) is 0 Å². The van der Waals surface area contributed by atoms with Crippen LogP contribution < -0.4 is 0 Å². The summed E-state index contributed by atoms with van der Waals surface area (Å²) in [4.78, 5) is 19.3. The van der Waals surface area contributed by atoms with Crippen molar-refractivity contribution in [3.05, 3.63) is 48.0 Å². The zero-order chi connectivity index (χ0) is 16.1. The zero-order valence-electron chi connectivity index (χ0n) is 13.5. The van der Waals surface area contributed by atoms with Crippen LogP contribution in [0.15, 0.2) is 47.6 Å². The van der Waals surface area contributed by atoms with E-state index < -0.39 is 21.8 Å². The van der Waals surface area contributed by atoms with E-state index in [1.54, 1.807) is 0 Å². The van der Waals surface area contributed by atoms with Gasteiger partial charge in [-0.3, -0.25) is 4.79 Å². The van der Waals surface area contributed by atoms with Gasteiger partial charge < -0.3 is 9.57 Å². The Kier molecular flexibility index (Phi) is 2.11. The third kappa shape index (κ3) is 1.10. The van der Waals surface area contributed by atoms with Crippen LogP contribution in [0.4, 0.5) is 0 Å². The SMILES string of the molecule is CC12C=CC3(C)OCC4(C(c5ccccc5)=NOC14)C3(C)C2=O. The summed E-state index contributed by atoms with van der Waals surface area (Å²) in [6, 6.07) is 10.0. The first kappa shape index (κ1) is 13.5. The average molecular weight is 309 g/mol. The lowest BCUT2D eigenvalue weighted by molar-refractivity contribution is -0.141. The maximum atomic E-state index is 13.4. The second-order valence-electron chi connectivity index (χ2n) is 7.73. The van der Waals surface area contributed by atoms with Crippen molar-refractivity contribution in [2.75, 3.05) is 6.61 Å². The summed E-state index contributed by atoms with van der Waals surface area (Å²) in [5, 5.41) is 4.45. The molecule has 23 heavy (non-hydrogen) atoms. The van der Waals surface area contributed by atoms with Gasteiger partial charge in [0.25, 0.3) is 0 Å². The second-order valence-corrected chi connectivity index (χ2v) is 7.73. The number of Topliss-reactive ketones (excluding diaryl/α,β-unsaturated/α-hetero) is 1. The molecule has 4 heteroatoms. The van der Waals surface area contributed by atoms with Gasteiger partial charge in [0.05, 0.1) is 28.5 Å². The van der Waals surface area contributed by atoms with E-state index in [2.05, 4.69) is 11.2 Å². The third-order valence-corrected chi connectivity index (χ3v) is 6.89. The van der Waals surface area contributed by atoms with Crippen molar-refractivity contribution >= 4 is 11.5 Å².